The minimum atomic E-state index is 0.206. The SMILES string of the molecule is COCCN(Cc1csc(COc2cc(C)cc(C)c2)n1)C(=O)C1CC1. The molecule has 1 aliphatic rings. The molecule has 1 aromatic heterocycles. The largest absolute Gasteiger partial charge is 0.486 e. The van der Waals surface area contributed by atoms with Gasteiger partial charge in [0.05, 0.1) is 18.8 Å². The van der Waals surface area contributed by atoms with Gasteiger partial charge < -0.3 is 14.4 Å². The van der Waals surface area contributed by atoms with Crippen molar-refractivity contribution in [3.8, 4) is 5.75 Å². The Morgan fingerprint density at radius 1 is 1.27 bits per heavy atom. The van der Waals surface area contributed by atoms with E-state index in [1.54, 1.807) is 18.4 Å². The molecule has 6 heteroatoms. The van der Waals surface area contributed by atoms with Crippen LogP contribution in [-0.2, 0) is 22.7 Å². The van der Waals surface area contributed by atoms with Crippen LogP contribution in [0.2, 0.25) is 0 Å². The predicted octanol–water partition coefficient (Wildman–Crippen LogP) is 3.72. The Bertz CT molecular complexity index is 735. The van der Waals surface area contributed by atoms with E-state index in [2.05, 4.69) is 24.9 Å². The van der Waals surface area contributed by atoms with E-state index >= 15 is 0 Å². The van der Waals surface area contributed by atoms with Crippen molar-refractivity contribution in [2.75, 3.05) is 20.3 Å². The molecule has 0 N–H and O–H groups in total. The van der Waals surface area contributed by atoms with Crippen molar-refractivity contribution in [1.29, 1.82) is 0 Å². The van der Waals surface area contributed by atoms with Crippen LogP contribution in [0.3, 0.4) is 0 Å². The lowest BCUT2D eigenvalue weighted by Gasteiger charge is -2.21. The number of benzene rings is 1. The third kappa shape index (κ3) is 5.29. The number of thiazole rings is 1. The molecule has 0 unspecified atom stereocenters. The standard InChI is InChI=1S/C20H26N2O3S/c1-14-8-15(2)10-18(9-14)25-12-19-21-17(13-26-19)11-22(6-7-24-3)20(23)16-4-5-16/h8-10,13,16H,4-7,11-12H2,1-3H3. The maximum atomic E-state index is 12.4. The van der Waals surface area contributed by atoms with Gasteiger partial charge in [0, 0.05) is 25.0 Å². The summed E-state index contributed by atoms with van der Waals surface area (Å²) in [6, 6.07) is 6.18. The summed E-state index contributed by atoms with van der Waals surface area (Å²) in [5.41, 5.74) is 3.29. The number of ether oxygens (including phenoxy) is 2. The van der Waals surface area contributed by atoms with Crippen LogP contribution in [0.15, 0.2) is 23.6 Å². The van der Waals surface area contributed by atoms with Crippen LogP contribution in [0.5, 0.6) is 5.75 Å². The lowest BCUT2D eigenvalue weighted by Crippen LogP contribution is -2.34. The predicted molar refractivity (Wildman–Crippen MR) is 102 cm³/mol. The zero-order valence-corrected chi connectivity index (χ0v) is 16.5. The maximum Gasteiger partial charge on any atom is 0.226 e. The summed E-state index contributed by atoms with van der Waals surface area (Å²) in [5.74, 6) is 1.30. The van der Waals surface area contributed by atoms with E-state index in [4.69, 9.17) is 9.47 Å². The van der Waals surface area contributed by atoms with Crippen molar-refractivity contribution in [2.24, 2.45) is 5.92 Å². The van der Waals surface area contributed by atoms with Crippen molar-refractivity contribution in [3.05, 3.63) is 45.4 Å². The summed E-state index contributed by atoms with van der Waals surface area (Å²) in [4.78, 5) is 18.9. The second kappa shape index (κ2) is 8.64. The highest BCUT2D eigenvalue weighted by molar-refractivity contribution is 7.09. The van der Waals surface area contributed by atoms with Crippen LogP contribution >= 0.6 is 11.3 Å². The number of carbonyl (C=O) groups is 1. The topological polar surface area (TPSA) is 51.7 Å². The smallest absolute Gasteiger partial charge is 0.226 e. The van der Waals surface area contributed by atoms with E-state index in [0.29, 0.717) is 26.3 Å². The molecule has 0 spiro atoms. The molecular weight excluding hydrogens is 348 g/mol. The van der Waals surface area contributed by atoms with Gasteiger partial charge in [-0.15, -0.1) is 11.3 Å². The Morgan fingerprint density at radius 3 is 2.65 bits per heavy atom. The zero-order valence-electron chi connectivity index (χ0n) is 15.7. The number of hydrogen-bond acceptors (Lipinski definition) is 5. The molecule has 26 heavy (non-hydrogen) atoms. The molecule has 1 saturated carbocycles. The Kier molecular flexibility index (Phi) is 6.27. The van der Waals surface area contributed by atoms with Gasteiger partial charge in [-0.2, -0.15) is 0 Å². The molecule has 0 saturated heterocycles. The number of aromatic nitrogens is 1. The fraction of sp³-hybridized carbons (Fsp3) is 0.500. The van der Waals surface area contributed by atoms with Crippen molar-refractivity contribution in [2.45, 2.75) is 39.8 Å². The van der Waals surface area contributed by atoms with Crippen LogP contribution in [-0.4, -0.2) is 36.1 Å². The zero-order chi connectivity index (χ0) is 18.5. The first-order valence-electron chi connectivity index (χ1n) is 8.97. The number of amides is 1. The van der Waals surface area contributed by atoms with Gasteiger partial charge in [-0.25, -0.2) is 4.98 Å². The van der Waals surface area contributed by atoms with E-state index in [1.807, 2.05) is 22.4 Å². The molecule has 5 nitrogen and oxygen atoms in total. The first-order valence-corrected chi connectivity index (χ1v) is 9.85. The van der Waals surface area contributed by atoms with Crippen LogP contribution in [0.4, 0.5) is 0 Å². The normalized spacial score (nSPS) is 13.7. The number of carbonyl (C=O) groups excluding carboxylic acids is 1. The summed E-state index contributed by atoms with van der Waals surface area (Å²) in [7, 11) is 1.66. The fourth-order valence-electron chi connectivity index (χ4n) is 2.90. The van der Waals surface area contributed by atoms with Gasteiger partial charge in [0.1, 0.15) is 17.4 Å². The van der Waals surface area contributed by atoms with Crippen molar-refractivity contribution < 1.29 is 14.3 Å². The first-order chi connectivity index (χ1) is 12.5. The monoisotopic (exact) mass is 374 g/mol. The number of hydrogen-bond donors (Lipinski definition) is 0. The van der Waals surface area contributed by atoms with Crippen molar-refractivity contribution >= 4 is 17.2 Å². The molecule has 1 amide bonds. The van der Waals surface area contributed by atoms with Crippen LogP contribution in [0, 0.1) is 19.8 Å². The molecular formula is C20H26N2O3S. The van der Waals surface area contributed by atoms with Crippen LogP contribution < -0.4 is 4.74 Å². The highest BCUT2D eigenvalue weighted by Gasteiger charge is 2.33. The highest BCUT2D eigenvalue weighted by Crippen LogP contribution is 2.31. The maximum absolute atomic E-state index is 12.4. The average Bonchev–Trinajstić information content (AvgIpc) is 3.35. The third-order valence-corrected chi connectivity index (χ3v) is 5.18. The number of methoxy groups -OCH3 is 1. The third-order valence-electron chi connectivity index (χ3n) is 4.31. The Balaban J connectivity index is 1.58. The average molecular weight is 375 g/mol. The summed E-state index contributed by atoms with van der Waals surface area (Å²) in [6.45, 7) is 6.27. The van der Waals surface area contributed by atoms with Crippen LogP contribution in [0.25, 0.3) is 0 Å². The van der Waals surface area contributed by atoms with E-state index in [-0.39, 0.29) is 11.8 Å². The first kappa shape index (κ1) is 18.9. The quantitative estimate of drug-likeness (QED) is 0.671. The van der Waals surface area contributed by atoms with Crippen molar-refractivity contribution in [1.82, 2.24) is 9.88 Å². The molecule has 2 aromatic rings. The summed E-state index contributed by atoms with van der Waals surface area (Å²) in [5, 5.41) is 2.94. The Labute approximate surface area is 159 Å². The molecule has 0 aliphatic heterocycles. The summed E-state index contributed by atoms with van der Waals surface area (Å²) in [6.07, 6.45) is 2.02. The number of rotatable bonds is 9. The fourth-order valence-corrected chi connectivity index (χ4v) is 3.60. The molecule has 1 aliphatic carbocycles. The van der Waals surface area contributed by atoms with E-state index in [1.165, 1.54) is 11.1 Å². The second-order valence-electron chi connectivity index (χ2n) is 6.87. The van der Waals surface area contributed by atoms with Gasteiger partial charge in [-0.05, 0) is 49.9 Å². The number of aryl methyl sites for hydroxylation is 2. The van der Waals surface area contributed by atoms with Gasteiger partial charge in [0.15, 0.2) is 0 Å². The highest BCUT2D eigenvalue weighted by atomic mass is 32.1. The molecule has 3 rings (SSSR count). The second-order valence-corrected chi connectivity index (χ2v) is 7.81. The van der Waals surface area contributed by atoms with Crippen LogP contribution in [0.1, 0.15) is 34.7 Å². The summed E-state index contributed by atoms with van der Waals surface area (Å²) < 4.78 is 11.0. The van der Waals surface area contributed by atoms with Gasteiger partial charge >= 0.3 is 0 Å². The molecule has 140 valence electrons. The van der Waals surface area contributed by atoms with Crippen molar-refractivity contribution in [3.63, 3.8) is 0 Å². The lowest BCUT2D eigenvalue weighted by molar-refractivity contribution is -0.133. The van der Waals surface area contributed by atoms with Gasteiger partial charge in [-0.3, -0.25) is 4.79 Å². The molecule has 0 atom stereocenters. The molecule has 1 heterocycles. The van der Waals surface area contributed by atoms with E-state index in [0.717, 1.165) is 29.3 Å². The number of nitrogens with zero attached hydrogens (tertiary/aromatic N) is 2. The van der Waals surface area contributed by atoms with Gasteiger partial charge in [0.25, 0.3) is 0 Å². The van der Waals surface area contributed by atoms with E-state index < -0.39 is 0 Å². The van der Waals surface area contributed by atoms with Gasteiger partial charge in [0.2, 0.25) is 5.91 Å². The molecule has 0 bridgehead atoms. The molecule has 1 fully saturated rings. The van der Waals surface area contributed by atoms with Gasteiger partial charge in [-0.1, -0.05) is 6.07 Å². The summed E-state index contributed by atoms with van der Waals surface area (Å²) >= 11 is 1.57. The van der Waals surface area contributed by atoms with E-state index in [9.17, 15) is 4.79 Å². The Morgan fingerprint density at radius 2 is 2.00 bits per heavy atom. The molecule has 0 radical (unpaired) electrons. The molecule has 1 aromatic carbocycles. The minimum absolute atomic E-state index is 0.206. The minimum Gasteiger partial charge on any atom is -0.486 e. The lowest BCUT2D eigenvalue weighted by atomic mass is 10.1. The Hall–Kier alpha value is -1.92.